The molecule has 0 fully saturated rings. The summed E-state index contributed by atoms with van der Waals surface area (Å²) in [4.78, 5) is 109. The lowest BCUT2D eigenvalue weighted by atomic mass is 9.91. The van der Waals surface area contributed by atoms with Gasteiger partial charge < -0.3 is 14.9 Å². The molecule has 0 atom stereocenters. The fourth-order valence-corrected chi connectivity index (χ4v) is 7.67. The highest BCUT2D eigenvalue weighted by Gasteiger charge is 2.13. The third kappa shape index (κ3) is 33.1. The van der Waals surface area contributed by atoms with Crippen LogP contribution in [0.3, 0.4) is 0 Å². The molecular weight excluding hydrogens is 943 g/mol. The summed E-state index contributed by atoms with van der Waals surface area (Å²) >= 11 is 0. The molecule has 11 nitrogen and oxygen atoms in total. The normalized spacial score (nSPS) is 10.0. The molecule has 400 valence electrons. The van der Waals surface area contributed by atoms with Crippen molar-refractivity contribution in [3.8, 4) is 0 Å². The van der Waals surface area contributed by atoms with Crippen molar-refractivity contribution < 1.29 is 47.9 Å². The van der Waals surface area contributed by atoms with Gasteiger partial charge in [-0.15, -0.1) is 0 Å². The average Bonchev–Trinajstić information content (AvgIpc) is 3.30. The number of nitrogens with one attached hydrogen (secondary N) is 1. The van der Waals surface area contributed by atoms with Gasteiger partial charge in [-0.1, -0.05) is 135 Å². The summed E-state index contributed by atoms with van der Waals surface area (Å²) in [5.74, 6) is 1.42. The first kappa shape index (κ1) is 65.6. The van der Waals surface area contributed by atoms with Crippen LogP contribution in [0.15, 0.2) is 121 Å². The first-order valence-corrected chi connectivity index (χ1v) is 25.5. The van der Waals surface area contributed by atoms with Crippen LogP contribution in [-0.4, -0.2) is 58.0 Å². The SMILES string of the molecule is CC(=O)Cc1ccc(CC(C)=O)cc1.CC(=O)Cc1ccc(Cc2ccc(CC(C)=O)cc2)cc1.CC(=O)Cc1cccc(NC(C)=O)c1.CC(=O)c1ccc(C(C)=O)cc1.CCCCCC(CC(C)=O)CC(C)=O. The lowest BCUT2D eigenvalue weighted by Crippen LogP contribution is -2.10. The largest absolute Gasteiger partial charge is 0.326 e. The maximum Gasteiger partial charge on any atom is 0.221 e. The minimum Gasteiger partial charge on any atom is -0.326 e. The van der Waals surface area contributed by atoms with Crippen LogP contribution in [0.1, 0.15) is 174 Å². The molecule has 0 unspecified atom stereocenters. The molecule has 5 aromatic rings. The molecule has 11 heteroatoms. The Morgan fingerprint density at radius 1 is 0.373 bits per heavy atom. The summed E-state index contributed by atoms with van der Waals surface area (Å²) in [6.45, 7) is 17.7. The highest BCUT2D eigenvalue weighted by molar-refractivity contribution is 5.97. The van der Waals surface area contributed by atoms with Crippen molar-refractivity contribution in [3.05, 3.63) is 171 Å². The van der Waals surface area contributed by atoms with Gasteiger partial charge in [0.2, 0.25) is 5.91 Å². The van der Waals surface area contributed by atoms with Crippen molar-refractivity contribution in [1.82, 2.24) is 0 Å². The molecule has 0 saturated carbocycles. The molecule has 0 bridgehead atoms. The quantitative estimate of drug-likeness (QED) is 0.0488. The van der Waals surface area contributed by atoms with Crippen LogP contribution in [0.4, 0.5) is 5.69 Å². The third-order valence-corrected chi connectivity index (χ3v) is 11.1. The van der Waals surface area contributed by atoms with Gasteiger partial charge in [0, 0.05) is 68.7 Å². The maximum absolute atomic E-state index is 11.1. The smallest absolute Gasteiger partial charge is 0.221 e. The van der Waals surface area contributed by atoms with Gasteiger partial charge in [0.05, 0.1) is 0 Å². The number of benzene rings is 5. The van der Waals surface area contributed by atoms with Crippen LogP contribution in [0, 0.1) is 5.92 Å². The van der Waals surface area contributed by atoms with Crippen molar-refractivity contribution in [2.75, 3.05) is 5.32 Å². The van der Waals surface area contributed by atoms with Gasteiger partial charge in [0.25, 0.3) is 0 Å². The maximum atomic E-state index is 11.1. The first-order valence-electron chi connectivity index (χ1n) is 25.5. The summed E-state index contributed by atoms with van der Waals surface area (Å²) in [7, 11) is 0. The van der Waals surface area contributed by atoms with E-state index in [9.17, 15) is 47.9 Å². The Balaban J connectivity index is 0.000000476. The van der Waals surface area contributed by atoms with Crippen molar-refractivity contribution in [2.24, 2.45) is 5.92 Å². The second-order valence-corrected chi connectivity index (χ2v) is 19.3. The number of Topliss-reactive ketones (excluding diaryl/α,β-unsaturated/α-hetero) is 9. The van der Waals surface area contributed by atoms with Gasteiger partial charge in [-0.2, -0.15) is 0 Å². The number of carbonyl (C=O) groups excluding carboxylic acids is 10. The monoisotopic (exact) mass is 1020 g/mol. The summed E-state index contributed by atoms with van der Waals surface area (Å²) in [6, 6.07) is 37.9. The van der Waals surface area contributed by atoms with Gasteiger partial charge in [0.1, 0.15) is 40.5 Å². The van der Waals surface area contributed by atoms with E-state index in [0.29, 0.717) is 56.1 Å². The molecule has 0 spiro atoms. The van der Waals surface area contributed by atoms with E-state index in [2.05, 4.69) is 36.5 Å². The summed E-state index contributed by atoms with van der Waals surface area (Å²) in [5.41, 5.74) is 9.50. The molecule has 75 heavy (non-hydrogen) atoms. The van der Waals surface area contributed by atoms with E-state index in [4.69, 9.17) is 0 Å². The minimum atomic E-state index is -0.107. The van der Waals surface area contributed by atoms with Gasteiger partial charge in [-0.25, -0.2) is 0 Å². The van der Waals surface area contributed by atoms with Gasteiger partial charge >= 0.3 is 0 Å². The summed E-state index contributed by atoms with van der Waals surface area (Å²) in [5, 5.41) is 2.67. The Morgan fingerprint density at radius 3 is 0.973 bits per heavy atom. The molecule has 1 N–H and O–H groups in total. The lowest BCUT2D eigenvalue weighted by Gasteiger charge is -2.12. The van der Waals surface area contributed by atoms with Crippen LogP contribution in [0.2, 0.25) is 0 Å². The van der Waals surface area contributed by atoms with E-state index in [-0.39, 0.29) is 63.9 Å². The highest BCUT2D eigenvalue weighted by Crippen LogP contribution is 2.19. The Hall–Kier alpha value is -7.40. The molecule has 0 radical (unpaired) electrons. The average molecular weight is 1020 g/mol. The second-order valence-electron chi connectivity index (χ2n) is 19.3. The predicted molar refractivity (Wildman–Crippen MR) is 299 cm³/mol. The van der Waals surface area contributed by atoms with E-state index < -0.39 is 0 Å². The molecule has 0 aromatic heterocycles. The van der Waals surface area contributed by atoms with E-state index >= 15 is 0 Å². The molecule has 5 aromatic carbocycles. The Kier molecular flexibility index (Phi) is 31.9. The van der Waals surface area contributed by atoms with Crippen LogP contribution in [0.25, 0.3) is 0 Å². The van der Waals surface area contributed by atoms with Crippen LogP contribution >= 0.6 is 0 Å². The second kappa shape index (κ2) is 36.5. The van der Waals surface area contributed by atoms with E-state index in [1.165, 1.54) is 44.7 Å². The Labute approximate surface area is 445 Å². The summed E-state index contributed by atoms with van der Waals surface area (Å²) < 4.78 is 0. The van der Waals surface area contributed by atoms with E-state index in [0.717, 1.165) is 52.8 Å². The third-order valence-electron chi connectivity index (χ3n) is 11.1. The summed E-state index contributed by atoms with van der Waals surface area (Å²) in [6.07, 6.45) is 8.91. The van der Waals surface area contributed by atoms with Gasteiger partial charge in [-0.05, 0) is 132 Å². The molecular formula is C64H79NO10. The fourth-order valence-electron chi connectivity index (χ4n) is 7.67. The van der Waals surface area contributed by atoms with Crippen LogP contribution in [0.5, 0.6) is 0 Å². The standard InChI is InChI=1S/C19H20O2.C12H14O2.C12H22O2.C11H13NO2.C10H10O2/c1-14(20)11-16-3-7-18(8-4-16)13-19-9-5-17(6-10-19)12-15(2)21;1-9(13)7-11-3-5-12(6-4-11)8-10(2)14;1-4-5-6-7-12(8-10(2)13)9-11(3)14;1-8(13)6-10-4-3-5-11(7-10)12-9(2)14;1-7(11)9-3-5-10(6-4-9)8(2)12/h3-10H,11-13H2,1-2H3;3-6H,7-8H2,1-2H3;12H,4-9H2,1-3H3;3-5,7H,6H2,1-2H3,(H,12,14);3-6H,1-2H3. The number of hydrogen-bond donors (Lipinski definition) is 1. The van der Waals surface area contributed by atoms with Crippen LogP contribution < -0.4 is 5.32 Å². The van der Waals surface area contributed by atoms with E-state index in [1.54, 1.807) is 78.8 Å². The van der Waals surface area contributed by atoms with Crippen molar-refractivity contribution in [2.45, 2.75) is 153 Å². The lowest BCUT2D eigenvalue weighted by molar-refractivity contribution is -0.120. The number of amides is 1. The zero-order chi connectivity index (χ0) is 56.5. The fraction of sp³-hybridized carbons (Fsp3) is 0.375. The van der Waals surface area contributed by atoms with E-state index in [1.807, 2.05) is 66.7 Å². The first-order chi connectivity index (χ1) is 35.3. The van der Waals surface area contributed by atoms with Crippen molar-refractivity contribution in [1.29, 1.82) is 0 Å². The van der Waals surface area contributed by atoms with Crippen molar-refractivity contribution in [3.63, 3.8) is 0 Å². The topological polar surface area (TPSA) is 183 Å². The van der Waals surface area contributed by atoms with Gasteiger partial charge in [0.15, 0.2) is 11.6 Å². The molecule has 0 aliphatic rings. The number of hydrogen-bond acceptors (Lipinski definition) is 10. The number of anilines is 1. The number of ketones is 9. The van der Waals surface area contributed by atoms with Crippen LogP contribution in [-0.2, 0) is 76.9 Å². The Morgan fingerprint density at radius 2 is 0.693 bits per heavy atom. The predicted octanol–water partition coefficient (Wildman–Crippen LogP) is 12.5. The van der Waals surface area contributed by atoms with Crippen molar-refractivity contribution >= 4 is 63.6 Å². The molecule has 0 aliphatic carbocycles. The zero-order valence-electron chi connectivity index (χ0n) is 46.2. The molecule has 1 amide bonds. The Bertz CT molecular complexity index is 2470. The number of carbonyl (C=O) groups is 10. The molecule has 0 saturated heterocycles. The number of unbranched alkanes of at least 4 members (excludes halogenated alkanes) is 2. The molecule has 5 rings (SSSR count). The highest BCUT2D eigenvalue weighted by atomic mass is 16.2. The minimum absolute atomic E-state index is 0.0186. The number of rotatable bonds is 23. The molecule has 0 aliphatic heterocycles. The van der Waals surface area contributed by atoms with Gasteiger partial charge in [-0.3, -0.25) is 38.4 Å². The molecule has 0 heterocycles. The zero-order valence-corrected chi connectivity index (χ0v) is 46.2.